The third-order valence-corrected chi connectivity index (χ3v) is 8.47. The van der Waals surface area contributed by atoms with Crippen molar-refractivity contribution >= 4 is 68.7 Å². The van der Waals surface area contributed by atoms with Crippen LogP contribution in [0.4, 0.5) is 11.4 Å². The maximum absolute atomic E-state index is 12.8. The molecule has 1 N–H and O–H groups in total. The SMILES string of the molecule is O=C(CSc1nc(CC(=O)N2CCN(c3ccccc3Cl)CC2)cs1)Nc1cccc2ccccc12. The van der Waals surface area contributed by atoms with Crippen LogP contribution in [-0.2, 0) is 16.0 Å². The minimum Gasteiger partial charge on any atom is -0.367 e. The summed E-state index contributed by atoms with van der Waals surface area (Å²) < 4.78 is 0.786. The van der Waals surface area contributed by atoms with Gasteiger partial charge < -0.3 is 15.1 Å². The molecular weight excluding hydrogens is 512 g/mol. The number of halogens is 1. The van der Waals surface area contributed by atoms with E-state index in [9.17, 15) is 9.59 Å². The lowest BCUT2D eigenvalue weighted by atomic mass is 10.1. The Morgan fingerprint density at radius 3 is 2.56 bits per heavy atom. The Morgan fingerprint density at radius 1 is 0.972 bits per heavy atom. The number of rotatable bonds is 7. The number of piperazine rings is 1. The van der Waals surface area contributed by atoms with Gasteiger partial charge in [-0.1, -0.05) is 71.9 Å². The molecule has 0 saturated carbocycles. The van der Waals surface area contributed by atoms with E-state index < -0.39 is 0 Å². The van der Waals surface area contributed by atoms with E-state index in [2.05, 4.69) is 15.2 Å². The van der Waals surface area contributed by atoms with Crippen molar-refractivity contribution in [3.63, 3.8) is 0 Å². The molecule has 0 unspecified atom stereocenters. The fraction of sp³-hybridized carbons (Fsp3) is 0.222. The molecule has 1 aromatic heterocycles. The zero-order valence-electron chi connectivity index (χ0n) is 19.5. The lowest BCUT2D eigenvalue weighted by Gasteiger charge is -2.36. The number of fused-ring (bicyclic) bond motifs is 1. The van der Waals surface area contributed by atoms with Crippen molar-refractivity contribution in [2.45, 2.75) is 10.8 Å². The average Bonchev–Trinajstić information content (AvgIpc) is 3.35. The third-order valence-electron chi connectivity index (χ3n) is 6.08. The molecule has 2 amide bonds. The van der Waals surface area contributed by atoms with Gasteiger partial charge in [0.25, 0.3) is 0 Å². The van der Waals surface area contributed by atoms with Crippen LogP contribution in [0.1, 0.15) is 5.69 Å². The first-order valence-corrected chi connectivity index (χ1v) is 13.9. The maximum Gasteiger partial charge on any atom is 0.234 e. The van der Waals surface area contributed by atoms with Crippen LogP contribution < -0.4 is 10.2 Å². The Balaban J connectivity index is 1.10. The Hall–Kier alpha value is -3.07. The summed E-state index contributed by atoms with van der Waals surface area (Å²) in [6.07, 6.45) is 0.269. The minimum absolute atomic E-state index is 0.0735. The van der Waals surface area contributed by atoms with E-state index >= 15 is 0 Å². The number of thiazole rings is 1. The smallest absolute Gasteiger partial charge is 0.234 e. The van der Waals surface area contributed by atoms with Gasteiger partial charge in [0, 0.05) is 42.6 Å². The van der Waals surface area contributed by atoms with Gasteiger partial charge in [0.05, 0.1) is 28.6 Å². The van der Waals surface area contributed by atoms with Gasteiger partial charge in [0.1, 0.15) is 0 Å². The summed E-state index contributed by atoms with van der Waals surface area (Å²) in [6.45, 7) is 2.81. The summed E-state index contributed by atoms with van der Waals surface area (Å²) in [5.41, 5.74) is 2.56. The number of amides is 2. The number of para-hydroxylation sites is 1. The molecule has 0 spiro atoms. The molecule has 6 nitrogen and oxygen atoms in total. The van der Waals surface area contributed by atoms with Crippen LogP contribution in [0.3, 0.4) is 0 Å². The number of nitrogens with one attached hydrogen (secondary N) is 1. The van der Waals surface area contributed by atoms with Gasteiger partial charge in [-0.25, -0.2) is 4.98 Å². The lowest BCUT2D eigenvalue weighted by Crippen LogP contribution is -2.49. The van der Waals surface area contributed by atoms with Gasteiger partial charge in [-0.2, -0.15) is 0 Å². The van der Waals surface area contributed by atoms with Crippen molar-refractivity contribution in [3.05, 3.63) is 82.8 Å². The second-order valence-corrected chi connectivity index (χ2v) is 11.0. The standard InChI is InChI=1S/C27H25ClN4O2S2/c28-22-9-3-4-11-24(22)31-12-14-32(15-13-31)26(34)16-20-17-35-27(29-20)36-18-25(33)30-23-10-5-7-19-6-1-2-8-21(19)23/h1-11,17H,12-16,18H2,(H,30,33). The summed E-state index contributed by atoms with van der Waals surface area (Å²) in [6, 6.07) is 21.6. The van der Waals surface area contributed by atoms with Crippen molar-refractivity contribution in [3.8, 4) is 0 Å². The number of nitrogens with zero attached hydrogens (tertiary/aromatic N) is 3. The summed E-state index contributed by atoms with van der Waals surface area (Å²) >= 11 is 9.17. The van der Waals surface area contributed by atoms with E-state index in [0.717, 1.165) is 50.3 Å². The van der Waals surface area contributed by atoms with Crippen molar-refractivity contribution < 1.29 is 9.59 Å². The highest BCUT2D eigenvalue weighted by Gasteiger charge is 2.23. The number of benzene rings is 3. The van der Waals surface area contributed by atoms with E-state index in [4.69, 9.17) is 11.6 Å². The van der Waals surface area contributed by atoms with Crippen LogP contribution in [0, 0.1) is 0 Å². The average molecular weight is 537 g/mol. The molecule has 0 bridgehead atoms. The zero-order valence-corrected chi connectivity index (χ0v) is 21.9. The molecule has 2 heterocycles. The van der Waals surface area contributed by atoms with Crippen molar-refractivity contribution in [1.29, 1.82) is 0 Å². The van der Waals surface area contributed by atoms with E-state index in [-0.39, 0.29) is 24.0 Å². The molecule has 1 fully saturated rings. The molecular formula is C27H25ClN4O2S2. The zero-order chi connectivity index (χ0) is 24.9. The largest absolute Gasteiger partial charge is 0.367 e. The summed E-state index contributed by atoms with van der Waals surface area (Å²) in [5, 5.41) is 7.74. The summed E-state index contributed by atoms with van der Waals surface area (Å²) in [4.78, 5) is 34.1. The number of thioether (sulfide) groups is 1. The van der Waals surface area contributed by atoms with Crippen LogP contribution in [0.2, 0.25) is 5.02 Å². The molecule has 184 valence electrons. The Bertz CT molecular complexity index is 1380. The quantitative estimate of drug-likeness (QED) is 0.313. The third kappa shape index (κ3) is 5.83. The molecule has 1 aliphatic rings. The first kappa shape index (κ1) is 24.6. The van der Waals surface area contributed by atoms with Crippen LogP contribution >= 0.6 is 34.7 Å². The number of carbonyl (C=O) groups excluding carboxylic acids is 2. The van der Waals surface area contributed by atoms with Crippen LogP contribution in [-0.4, -0.2) is 53.6 Å². The summed E-state index contributed by atoms with van der Waals surface area (Å²) in [7, 11) is 0. The number of aromatic nitrogens is 1. The first-order chi connectivity index (χ1) is 17.6. The number of hydrogen-bond acceptors (Lipinski definition) is 6. The summed E-state index contributed by atoms with van der Waals surface area (Å²) in [5.74, 6) is 0.249. The van der Waals surface area contributed by atoms with Gasteiger partial charge in [0.2, 0.25) is 11.8 Å². The van der Waals surface area contributed by atoms with E-state index in [1.807, 2.05) is 77.0 Å². The van der Waals surface area contributed by atoms with Gasteiger partial charge >= 0.3 is 0 Å². The molecule has 0 radical (unpaired) electrons. The molecule has 5 rings (SSSR count). The number of carbonyl (C=O) groups is 2. The van der Waals surface area contributed by atoms with Crippen molar-refractivity contribution in [1.82, 2.24) is 9.88 Å². The Morgan fingerprint density at radius 2 is 1.72 bits per heavy atom. The van der Waals surface area contributed by atoms with E-state index in [1.54, 1.807) is 0 Å². The van der Waals surface area contributed by atoms with Gasteiger partial charge in [-0.15, -0.1) is 11.3 Å². The van der Waals surface area contributed by atoms with Crippen LogP contribution in [0.25, 0.3) is 10.8 Å². The highest BCUT2D eigenvalue weighted by atomic mass is 35.5. The highest BCUT2D eigenvalue weighted by molar-refractivity contribution is 8.01. The fourth-order valence-corrected chi connectivity index (χ4v) is 6.16. The Labute approximate surface area is 223 Å². The molecule has 36 heavy (non-hydrogen) atoms. The second kappa shape index (κ2) is 11.3. The second-order valence-electron chi connectivity index (χ2n) is 8.46. The molecule has 9 heteroatoms. The maximum atomic E-state index is 12.8. The number of hydrogen-bond donors (Lipinski definition) is 1. The van der Waals surface area contributed by atoms with Crippen molar-refractivity contribution in [2.75, 3.05) is 42.1 Å². The molecule has 4 aromatic rings. The predicted octanol–water partition coefficient (Wildman–Crippen LogP) is 5.57. The van der Waals surface area contributed by atoms with Crippen molar-refractivity contribution in [2.24, 2.45) is 0 Å². The van der Waals surface area contributed by atoms with E-state index in [0.29, 0.717) is 13.1 Å². The van der Waals surface area contributed by atoms with Gasteiger partial charge in [-0.05, 0) is 23.6 Å². The molecule has 0 aliphatic carbocycles. The highest BCUT2D eigenvalue weighted by Crippen LogP contribution is 2.27. The topological polar surface area (TPSA) is 65.5 Å². The molecule has 1 saturated heterocycles. The van der Waals surface area contributed by atoms with Crippen LogP contribution in [0.5, 0.6) is 0 Å². The molecule has 1 aliphatic heterocycles. The number of anilines is 2. The first-order valence-electron chi connectivity index (χ1n) is 11.7. The molecule has 3 aromatic carbocycles. The molecule has 0 atom stereocenters. The lowest BCUT2D eigenvalue weighted by molar-refractivity contribution is -0.130. The van der Waals surface area contributed by atoms with Crippen LogP contribution in [0.15, 0.2) is 76.4 Å². The minimum atomic E-state index is -0.0828. The monoisotopic (exact) mass is 536 g/mol. The van der Waals surface area contributed by atoms with Gasteiger partial charge in [0.15, 0.2) is 4.34 Å². The van der Waals surface area contributed by atoms with Gasteiger partial charge in [-0.3, -0.25) is 9.59 Å². The Kier molecular flexibility index (Phi) is 7.75. The predicted molar refractivity (Wildman–Crippen MR) is 149 cm³/mol. The normalized spacial score (nSPS) is 13.7. The van der Waals surface area contributed by atoms with E-state index in [1.165, 1.54) is 23.1 Å². The fourth-order valence-electron chi connectivity index (χ4n) is 4.26.